The van der Waals surface area contributed by atoms with Gasteiger partial charge in [-0.3, -0.25) is 9.59 Å². The highest BCUT2D eigenvalue weighted by atomic mass is 16.5. The molecule has 0 saturated carbocycles. The van der Waals surface area contributed by atoms with E-state index in [9.17, 15) is 14.4 Å². The number of ether oxygens (including phenoxy) is 3. The minimum Gasteiger partial charge on any atom is -0.493 e. The maximum Gasteiger partial charge on any atom is 0.359 e. The Morgan fingerprint density at radius 3 is 2.54 bits per heavy atom. The summed E-state index contributed by atoms with van der Waals surface area (Å²) in [4.78, 5) is 35.6. The summed E-state index contributed by atoms with van der Waals surface area (Å²) in [6.45, 7) is 2.06. The molecule has 0 spiro atoms. The first-order chi connectivity index (χ1) is 13.5. The van der Waals surface area contributed by atoms with Gasteiger partial charge in [-0.05, 0) is 30.2 Å². The first-order valence-electron chi connectivity index (χ1n) is 8.71. The summed E-state index contributed by atoms with van der Waals surface area (Å²) in [6.07, 6.45) is 0.698. The zero-order valence-corrected chi connectivity index (χ0v) is 16.1. The summed E-state index contributed by atoms with van der Waals surface area (Å²) in [5.74, 6) is -0.103. The molecule has 0 radical (unpaired) electrons. The third-order valence-corrected chi connectivity index (χ3v) is 3.78. The molecule has 0 saturated heterocycles. The van der Waals surface area contributed by atoms with Gasteiger partial charge in [0.25, 0.3) is 11.5 Å². The highest BCUT2D eigenvalue weighted by molar-refractivity contribution is 5.89. The van der Waals surface area contributed by atoms with Crippen LogP contribution in [0.15, 0.2) is 35.1 Å². The number of hydrogen-bond donors (Lipinski definition) is 1. The van der Waals surface area contributed by atoms with E-state index in [2.05, 4.69) is 10.4 Å². The molecule has 9 nitrogen and oxygen atoms in total. The lowest BCUT2D eigenvalue weighted by molar-refractivity contribution is -0.124. The highest BCUT2D eigenvalue weighted by Gasteiger charge is 2.13. The fourth-order valence-electron chi connectivity index (χ4n) is 2.38. The Labute approximate surface area is 162 Å². The van der Waals surface area contributed by atoms with Gasteiger partial charge in [0.15, 0.2) is 23.8 Å². The van der Waals surface area contributed by atoms with Crippen LogP contribution < -0.4 is 20.3 Å². The van der Waals surface area contributed by atoms with Crippen LogP contribution in [-0.2, 0) is 22.6 Å². The summed E-state index contributed by atoms with van der Waals surface area (Å²) < 4.78 is 16.5. The molecule has 150 valence electrons. The van der Waals surface area contributed by atoms with E-state index in [0.717, 1.165) is 5.56 Å². The zero-order valence-electron chi connectivity index (χ0n) is 16.1. The van der Waals surface area contributed by atoms with Crippen LogP contribution in [0, 0.1) is 0 Å². The molecule has 0 bridgehead atoms. The monoisotopic (exact) mass is 389 g/mol. The van der Waals surface area contributed by atoms with Crippen molar-refractivity contribution in [2.45, 2.75) is 26.4 Å². The number of amides is 1. The van der Waals surface area contributed by atoms with E-state index < -0.39 is 18.5 Å². The molecule has 2 rings (SSSR count). The van der Waals surface area contributed by atoms with Crippen molar-refractivity contribution in [2.24, 2.45) is 0 Å². The van der Waals surface area contributed by atoms with Crippen LogP contribution in [0.5, 0.6) is 11.5 Å². The number of carbonyl (C=O) groups is 2. The predicted molar refractivity (Wildman–Crippen MR) is 100 cm³/mol. The second-order valence-electron chi connectivity index (χ2n) is 5.82. The van der Waals surface area contributed by atoms with Gasteiger partial charge in [0.1, 0.15) is 0 Å². The summed E-state index contributed by atoms with van der Waals surface area (Å²) in [5, 5.41) is 6.59. The van der Waals surface area contributed by atoms with Gasteiger partial charge in [-0.2, -0.15) is 5.10 Å². The molecule has 0 aliphatic heterocycles. The van der Waals surface area contributed by atoms with Crippen LogP contribution in [-0.4, -0.2) is 42.5 Å². The lowest BCUT2D eigenvalue weighted by atomic mass is 10.2. The van der Waals surface area contributed by atoms with Gasteiger partial charge in [-0.15, -0.1) is 0 Å². The van der Waals surface area contributed by atoms with Crippen LogP contribution in [0.1, 0.15) is 29.4 Å². The van der Waals surface area contributed by atoms with Crippen molar-refractivity contribution in [1.82, 2.24) is 15.1 Å². The molecule has 0 unspecified atom stereocenters. The van der Waals surface area contributed by atoms with Crippen LogP contribution in [0.3, 0.4) is 0 Å². The van der Waals surface area contributed by atoms with Crippen LogP contribution in [0.4, 0.5) is 0 Å². The molecule has 0 aliphatic carbocycles. The first kappa shape index (κ1) is 20.9. The molecule has 1 amide bonds. The summed E-state index contributed by atoms with van der Waals surface area (Å²) in [5.41, 5.74) is 0.470. The van der Waals surface area contributed by atoms with Crippen molar-refractivity contribution in [3.8, 4) is 11.5 Å². The largest absolute Gasteiger partial charge is 0.493 e. The highest BCUT2D eigenvalue weighted by Crippen LogP contribution is 2.27. The number of esters is 1. The normalized spacial score (nSPS) is 10.2. The Kier molecular flexibility index (Phi) is 7.55. The molecule has 0 aliphatic rings. The van der Waals surface area contributed by atoms with Crippen molar-refractivity contribution in [2.75, 3.05) is 20.8 Å². The Balaban J connectivity index is 1.88. The Morgan fingerprint density at radius 1 is 1.11 bits per heavy atom. The van der Waals surface area contributed by atoms with Gasteiger partial charge in [-0.1, -0.05) is 13.0 Å². The molecule has 1 N–H and O–H groups in total. The van der Waals surface area contributed by atoms with Crippen LogP contribution >= 0.6 is 0 Å². The molecule has 28 heavy (non-hydrogen) atoms. The minimum absolute atomic E-state index is 0.0271. The van der Waals surface area contributed by atoms with Gasteiger partial charge in [0, 0.05) is 19.2 Å². The van der Waals surface area contributed by atoms with Crippen molar-refractivity contribution < 1.29 is 23.8 Å². The number of aryl methyl sites for hydroxylation is 1. The van der Waals surface area contributed by atoms with Gasteiger partial charge in [0.05, 0.1) is 14.2 Å². The lowest BCUT2D eigenvalue weighted by Crippen LogP contribution is -2.29. The van der Waals surface area contributed by atoms with Crippen LogP contribution in [0.2, 0.25) is 0 Å². The van der Waals surface area contributed by atoms with Gasteiger partial charge in [-0.25, -0.2) is 9.48 Å². The Morgan fingerprint density at radius 2 is 1.86 bits per heavy atom. The molecule has 1 aromatic carbocycles. The average molecular weight is 389 g/mol. The first-order valence-corrected chi connectivity index (χ1v) is 8.71. The topological polar surface area (TPSA) is 109 Å². The second-order valence-corrected chi connectivity index (χ2v) is 5.82. The maximum absolute atomic E-state index is 12.0. The molecule has 0 atom stereocenters. The van der Waals surface area contributed by atoms with Crippen molar-refractivity contribution in [3.63, 3.8) is 0 Å². The number of methoxy groups -OCH3 is 2. The molecule has 2 aromatic rings. The average Bonchev–Trinajstić information content (AvgIpc) is 2.71. The van der Waals surface area contributed by atoms with E-state index in [-0.39, 0.29) is 17.8 Å². The van der Waals surface area contributed by atoms with Crippen LogP contribution in [0.25, 0.3) is 0 Å². The van der Waals surface area contributed by atoms with E-state index in [1.165, 1.54) is 31.0 Å². The molecular formula is C19H23N3O6. The zero-order chi connectivity index (χ0) is 20.5. The van der Waals surface area contributed by atoms with Crippen molar-refractivity contribution in [3.05, 3.63) is 51.9 Å². The van der Waals surface area contributed by atoms with E-state index in [1.807, 2.05) is 6.92 Å². The standard InChI is InChI=1S/C19H23N3O6/c1-4-9-22-18(24)8-6-14(21-22)19(25)28-12-17(23)20-11-13-5-7-15(26-2)16(10-13)27-3/h5-8,10H,4,9,11-12H2,1-3H3,(H,20,23). The third-order valence-electron chi connectivity index (χ3n) is 3.78. The molecule has 9 heteroatoms. The number of rotatable bonds is 9. The molecule has 1 aromatic heterocycles. The van der Waals surface area contributed by atoms with E-state index in [0.29, 0.717) is 24.5 Å². The Hall–Kier alpha value is -3.36. The number of benzene rings is 1. The number of hydrogen-bond acceptors (Lipinski definition) is 7. The Bertz CT molecular complexity index is 893. The smallest absolute Gasteiger partial charge is 0.359 e. The van der Waals surface area contributed by atoms with Gasteiger partial charge < -0.3 is 19.5 Å². The number of aromatic nitrogens is 2. The lowest BCUT2D eigenvalue weighted by Gasteiger charge is -2.10. The molecule has 1 heterocycles. The third kappa shape index (κ3) is 5.57. The van der Waals surface area contributed by atoms with Gasteiger partial charge >= 0.3 is 5.97 Å². The van der Waals surface area contributed by atoms with Crippen molar-refractivity contribution in [1.29, 1.82) is 0 Å². The number of carbonyl (C=O) groups excluding carboxylic acids is 2. The fraction of sp³-hybridized carbons (Fsp3) is 0.368. The maximum atomic E-state index is 12.0. The van der Waals surface area contributed by atoms with E-state index in [4.69, 9.17) is 14.2 Å². The molecule has 0 fully saturated rings. The van der Waals surface area contributed by atoms with E-state index in [1.54, 1.807) is 18.2 Å². The predicted octanol–water partition coefficient (Wildman–Crippen LogP) is 1.14. The molecular weight excluding hydrogens is 366 g/mol. The summed E-state index contributed by atoms with van der Waals surface area (Å²) in [6, 6.07) is 7.78. The van der Waals surface area contributed by atoms with Crippen molar-refractivity contribution >= 4 is 11.9 Å². The SMILES string of the molecule is CCCn1nc(C(=O)OCC(=O)NCc2ccc(OC)c(OC)c2)ccc1=O. The second kappa shape index (κ2) is 10.1. The van der Waals surface area contributed by atoms with E-state index >= 15 is 0 Å². The van der Waals surface area contributed by atoms with Gasteiger partial charge in [0.2, 0.25) is 0 Å². The minimum atomic E-state index is -0.772. The number of nitrogens with zero attached hydrogens (tertiary/aromatic N) is 2. The summed E-state index contributed by atoms with van der Waals surface area (Å²) >= 11 is 0. The quantitative estimate of drug-likeness (QED) is 0.641. The fourth-order valence-corrected chi connectivity index (χ4v) is 2.38. The summed E-state index contributed by atoms with van der Waals surface area (Å²) in [7, 11) is 3.06. The number of nitrogens with one attached hydrogen (secondary N) is 1.